The molecule has 0 unspecified atom stereocenters. The molecule has 0 spiro atoms. The average molecular weight is 392 g/mol. The van der Waals surface area contributed by atoms with E-state index in [9.17, 15) is 14.4 Å². The number of pyridine rings is 1. The van der Waals surface area contributed by atoms with Gasteiger partial charge in [0.15, 0.2) is 0 Å². The molecule has 2 aromatic rings. The summed E-state index contributed by atoms with van der Waals surface area (Å²) < 4.78 is 0. The van der Waals surface area contributed by atoms with Crippen LogP contribution in [0.3, 0.4) is 0 Å². The number of fused-ring (bicyclic) bond motifs is 1. The third-order valence-electron chi connectivity index (χ3n) is 5.50. The van der Waals surface area contributed by atoms with Gasteiger partial charge in [-0.25, -0.2) is 4.98 Å². The Morgan fingerprint density at radius 3 is 2.48 bits per heavy atom. The van der Waals surface area contributed by atoms with Gasteiger partial charge in [0.2, 0.25) is 5.91 Å². The van der Waals surface area contributed by atoms with Crippen LogP contribution < -0.4 is 4.90 Å². The maximum absolute atomic E-state index is 12.5. The fourth-order valence-corrected chi connectivity index (χ4v) is 3.88. The van der Waals surface area contributed by atoms with E-state index in [0.717, 1.165) is 24.5 Å². The standard InChI is InChI=1S/C22H24N4O3/c1-16-7-8-17-18(15-16)22(29)26(21(17)28)10-4-6-20(27)25-13-11-24(12-14-25)19-5-2-3-9-23-19/h2-3,5,7-9,15H,4,6,10-14H2,1H3. The molecule has 7 heteroatoms. The van der Waals surface area contributed by atoms with E-state index in [4.69, 9.17) is 0 Å². The van der Waals surface area contributed by atoms with Crippen LogP contribution in [0.15, 0.2) is 42.6 Å². The Balaban J connectivity index is 1.26. The zero-order valence-electron chi connectivity index (χ0n) is 16.5. The summed E-state index contributed by atoms with van der Waals surface area (Å²) in [6.07, 6.45) is 2.58. The summed E-state index contributed by atoms with van der Waals surface area (Å²) in [7, 11) is 0. The summed E-state index contributed by atoms with van der Waals surface area (Å²) >= 11 is 0. The third kappa shape index (κ3) is 3.85. The predicted octanol–water partition coefficient (Wildman–Crippen LogP) is 2.12. The Kier molecular flexibility index (Phi) is 5.29. The summed E-state index contributed by atoms with van der Waals surface area (Å²) in [6, 6.07) is 11.1. The minimum Gasteiger partial charge on any atom is -0.353 e. The maximum Gasteiger partial charge on any atom is 0.261 e. The fourth-order valence-electron chi connectivity index (χ4n) is 3.88. The molecule has 7 nitrogen and oxygen atoms in total. The van der Waals surface area contributed by atoms with Gasteiger partial charge in [-0.2, -0.15) is 0 Å². The van der Waals surface area contributed by atoms with Gasteiger partial charge in [0.25, 0.3) is 11.8 Å². The number of benzene rings is 1. The lowest BCUT2D eigenvalue weighted by Gasteiger charge is -2.35. The van der Waals surface area contributed by atoms with E-state index >= 15 is 0 Å². The van der Waals surface area contributed by atoms with E-state index < -0.39 is 0 Å². The molecule has 1 saturated heterocycles. The molecule has 3 amide bonds. The van der Waals surface area contributed by atoms with E-state index in [0.29, 0.717) is 37.1 Å². The van der Waals surface area contributed by atoms with Gasteiger partial charge in [-0.3, -0.25) is 19.3 Å². The van der Waals surface area contributed by atoms with Gasteiger partial charge in [-0.1, -0.05) is 17.7 Å². The zero-order chi connectivity index (χ0) is 20.4. The highest BCUT2D eigenvalue weighted by atomic mass is 16.2. The topological polar surface area (TPSA) is 73.8 Å². The number of nitrogens with zero attached hydrogens (tertiary/aromatic N) is 4. The normalized spacial score (nSPS) is 16.4. The van der Waals surface area contributed by atoms with Crippen molar-refractivity contribution < 1.29 is 14.4 Å². The van der Waals surface area contributed by atoms with Crippen LogP contribution in [0.25, 0.3) is 0 Å². The first kappa shape index (κ1) is 19.1. The lowest BCUT2D eigenvalue weighted by molar-refractivity contribution is -0.131. The molecule has 3 heterocycles. The predicted molar refractivity (Wildman–Crippen MR) is 109 cm³/mol. The maximum atomic E-state index is 12.5. The minimum absolute atomic E-state index is 0.0677. The number of aryl methyl sites for hydroxylation is 1. The number of carbonyl (C=O) groups excluding carboxylic acids is 3. The molecule has 29 heavy (non-hydrogen) atoms. The van der Waals surface area contributed by atoms with E-state index in [1.165, 1.54) is 4.90 Å². The molecule has 0 aliphatic carbocycles. The highest BCUT2D eigenvalue weighted by Crippen LogP contribution is 2.24. The number of imide groups is 1. The van der Waals surface area contributed by atoms with Gasteiger partial charge in [-0.05, 0) is 37.6 Å². The van der Waals surface area contributed by atoms with Crippen molar-refractivity contribution in [1.82, 2.24) is 14.8 Å². The molecule has 0 N–H and O–H groups in total. The van der Waals surface area contributed by atoms with Gasteiger partial charge >= 0.3 is 0 Å². The van der Waals surface area contributed by atoms with Crippen LogP contribution in [0.5, 0.6) is 0 Å². The Hall–Kier alpha value is -3.22. The van der Waals surface area contributed by atoms with Crippen molar-refractivity contribution in [3.8, 4) is 0 Å². The van der Waals surface area contributed by atoms with Crippen molar-refractivity contribution in [3.63, 3.8) is 0 Å². The van der Waals surface area contributed by atoms with Crippen molar-refractivity contribution >= 4 is 23.5 Å². The first-order chi connectivity index (χ1) is 14.0. The molecule has 2 aliphatic rings. The summed E-state index contributed by atoms with van der Waals surface area (Å²) in [6.45, 7) is 4.97. The van der Waals surface area contributed by atoms with Crippen molar-refractivity contribution in [3.05, 3.63) is 59.3 Å². The molecule has 1 aromatic heterocycles. The van der Waals surface area contributed by atoms with Crippen molar-refractivity contribution in [2.45, 2.75) is 19.8 Å². The highest BCUT2D eigenvalue weighted by molar-refractivity contribution is 6.21. The van der Waals surface area contributed by atoms with E-state index in [1.807, 2.05) is 36.1 Å². The Morgan fingerprint density at radius 2 is 1.76 bits per heavy atom. The zero-order valence-corrected chi connectivity index (χ0v) is 16.5. The van der Waals surface area contributed by atoms with E-state index in [1.54, 1.807) is 18.3 Å². The molecule has 0 bridgehead atoms. The Bertz CT molecular complexity index is 936. The monoisotopic (exact) mass is 392 g/mol. The smallest absolute Gasteiger partial charge is 0.261 e. The summed E-state index contributed by atoms with van der Waals surface area (Å²) in [4.78, 5) is 47.2. The van der Waals surface area contributed by atoms with Gasteiger partial charge in [-0.15, -0.1) is 0 Å². The van der Waals surface area contributed by atoms with Crippen LogP contribution in [0, 0.1) is 6.92 Å². The number of rotatable bonds is 5. The molecule has 1 aromatic carbocycles. The molecule has 2 aliphatic heterocycles. The minimum atomic E-state index is -0.263. The van der Waals surface area contributed by atoms with Crippen molar-refractivity contribution in [1.29, 1.82) is 0 Å². The molecular formula is C22H24N4O3. The van der Waals surface area contributed by atoms with Gasteiger partial charge < -0.3 is 9.80 Å². The van der Waals surface area contributed by atoms with Crippen LogP contribution in [0.4, 0.5) is 5.82 Å². The number of amides is 3. The van der Waals surface area contributed by atoms with Crippen LogP contribution >= 0.6 is 0 Å². The van der Waals surface area contributed by atoms with Crippen LogP contribution in [0.1, 0.15) is 39.1 Å². The van der Waals surface area contributed by atoms with E-state index in [-0.39, 0.29) is 24.3 Å². The number of carbonyl (C=O) groups is 3. The van der Waals surface area contributed by atoms with Gasteiger partial charge in [0.05, 0.1) is 11.1 Å². The van der Waals surface area contributed by atoms with Crippen molar-refractivity contribution in [2.24, 2.45) is 0 Å². The average Bonchev–Trinajstić information content (AvgIpc) is 2.98. The van der Waals surface area contributed by atoms with Gasteiger partial charge in [0.1, 0.15) is 5.82 Å². The lowest BCUT2D eigenvalue weighted by atomic mass is 10.1. The second-order valence-electron chi connectivity index (χ2n) is 7.47. The Labute approximate surface area is 169 Å². The number of hydrogen-bond donors (Lipinski definition) is 0. The molecule has 150 valence electrons. The summed E-state index contributed by atoms with van der Waals surface area (Å²) in [5.74, 6) is 0.477. The molecule has 0 saturated carbocycles. The van der Waals surface area contributed by atoms with Gasteiger partial charge in [0, 0.05) is 45.3 Å². The summed E-state index contributed by atoms with van der Waals surface area (Å²) in [5.41, 5.74) is 1.87. The lowest BCUT2D eigenvalue weighted by Crippen LogP contribution is -2.49. The molecule has 1 fully saturated rings. The fraction of sp³-hybridized carbons (Fsp3) is 0.364. The molecular weight excluding hydrogens is 368 g/mol. The Morgan fingerprint density at radius 1 is 1.00 bits per heavy atom. The largest absolute Gasteiger partial charge is 0.353 e. The summed E-state index contributed by atoms with van der Waals surface area (Å²) in [5, 5.41) is 0. The number of aromatic nitrogens is 1. The second kappa shape index (κ2) is 8.03. The third-order valence-corrected chi connectivity index (χ3v) is 5.50. The quantitative estimate of drug-likeness (QED) is 0.729. The highest BCUT2D eigenvalue weighted by Gasteiger charge is 2.35. The molecule has 0 atom stereocenters. The van der Waals surface area contributed by atoms with Crippen LogP contribution in [-0.4, -0.2) is 65.2 Å². The molecule has 0 radical (unpaired) electrons. The first-order valence-electron chi connectivity index (χ1n) is 9.95. The van der Waals surface area contributed by atoms with Crippen LogP contribution in [0.2, 0.25) is 0 Å². The molecule has 4 rings (SSSR count). The SMILES string of the molecule is Cc1ccc2c(c1)C(=O)N(CCCC(=O)N1CCN(c3ccccn3)CC1)C2=O. The number of anilines is 1. The number of hydrogen-bond acceptors (Lipinski definition) is 5. The number of piperazine rings is 1. The van der Waals surface area contributed by atoms with E-state index in [2.05, 4.69) is 9.88 Å². The van der Waals surface area contributed by atoms with Crippen molar-refractivity contribution in [2.75, 3.05) is 37.6 Å². The first-order valence-corrected chi connectivity index (χ1v) is 9.95. The van der Waals surface area contributed by atoms with Crippen LogP contribution in [-0.2, 0) is 4.79 Å². The second-order valence-corrected chi connectivity index (χ2v) is 7.47.